The van der Waals surface area contributed by atoms with Crippen LogP contribution in [0.1, 0.15) is 132 Å². The van der Waals surface area contributed by atoms with Gasteiger partial charge in [-0.25, -0.2) is 23.9 Å². The van der Waals surface area contributed by atoms with Crippen molar-refractivity contribution in [1.82, 2.24) is 40.4 Å². The van der Waals surface area contributed by atoms with Crippen LogP contribution < -0.4 is 20.4 Å². The monoisotopic (exact) mass is 933 g/mol. The zero-order valence-electron chi connectivity index (χ0n) is 40.0. The fourth-order valence-electron chi connectivity index (χ4n) is 11.1. The number of nitrogens with zero attached hydrogens (tertiary/aromatic N) is 6. The number of rotatable bonds is 12. The third-order valence-corrected chi connectivity index (χ3v) is 14.6. The molecule has 6 unspecified atom stereocenters. The Hall–Kier alpha value is -6.39. The zero-order valence-corrected chi connectivity index (χ0v) is 40.0. The van der Waals surface area contributed by atoms with Crippen molar-refractivity contribution in [3.63, 3.8) is 0 Å². The SMILES string of the molecule is COC(=O)NC(C(=O)N1CCCC1c1nc2ccc(C3CCC(c4ccc5nc(C6CCCN6C(=O)C(NC(=O)OC)C(C)C)[nH]c5c4)N3c3ccc(N4CCCCC4)c(F)c3)cc2[nH]1)C(C)C. The van der Waals surface area contributed by atoms with Crippen molar-refractivity contribution in [1.29, 1.82) is 0 Å². The summed E-state index contributed by atoms with van der Waals surface area (Å²) in [4.78, 5) is 77.5. The molecule has 4 fully saturated rings. The Morgan fingerprint density at radius 2 is 1.10 bits per heavy atom. The molecule has 4 saturated heterocycles. The first-order chi connectivity index (χ1) is 32.8. The summed E-state index contributed by atoms with van der Waals surface area (Å²) in [7, 11) is 2.58. The highest BCUT2D eigenvalue weighted by Crippen LogP contribution is 2.48. The van der Waals surface area contributed by atoms with Crippen molar-refractivity contribution in [3.05, 3.63) is 83.2 Å². The number of hydrogen-bond donors (Lipinski definition) is 4. The maximum absolute atomic E-state index is 16.4. The maximum atomic E-state index is 16.4. The lowest BCUT2D eigenvalue weighted by atomic mass is 10.0. The molecule has 16 nitrogen and oxygen atoms in total. The number of carbonyl (C=O) groups excluding carboxylic acids is 4. The third kappa shape index (κ3) is 9.15. The van der Waals surface area contributed by atoms with Crippen LogP contribution >= 0.6 is 0 Å². The van der Waals surface area contributed by atoms with Gasteiger partial charge in [0, 0.05) is 31.9 Å². The number of aromatic nitrogens is 4. The van der Waals surface area contributed by atoms with Crippen LogP contribution in [0.3, 0.4) is 0 Å². The van der Waals surface area contributed by atoms with Gasteiger partial charge in [-0.1, -0.05) is 39.8 Å². The molecule has 5 aromatic rings. The molecule has 0 bridgehead atoms. The lowest BCUT2D eigenvalue weighted by Gasteiger charge is -2.34. The van der Waals surface area contributed by atoms with Crippen molar-refractivity contribution in [2.24, 2.45) is 11.8 Å². The fourth-order valence-corrected chi connectivity index (χ4v) is 11.1. The molecule has 6 heterocycles. The second kappa shape index (κ2) is 19.7. The number of carbonyl (C=O) groups is 4. The molecule has 0 aliphatic carbocycles. The second-order valence-corrected chi connectivity index (χ2v) is 19.6. The van der Waals surface area contributed by atoms with E-state index in [2.05, 4.69) is 60.7 Å². The van der Waals surface area contributed by atoms with Crippen molar-refractivity contribution < 1.29 is 33.0 Å². The van der Waals surface area contributed by atoms with Gasteiger partial charge in [-0.15, -0.1) is 0 Å². The number of likely N-dealkylation sites (tertiary alicyclic amines) is 2. The lowest BCUT2D eigenvalue weighted by Crippen LogP contribution is -2.51. The van der Waals surface area contributed by atoms with E-state index >= 15 is 4.39 Å². The summed E-state index contributed by atoms with van der Waals surface area (Å²) < 4.78 is 26.0. The largest absolute Gasteiger partial charge is 0.453 e. The number of piperidine rings is 1. The Morgan fingerprint density at radius 1 is 0.618 bits per heavy atom. The minimum atomic E-state index is -0.732. The molecule has 17 heteroatoms. The van der Waals surface area contributed by atoms with Crippen LogP contribution in [0.25, 0.3) is 22.1 Å². The molecule has 362 valence electrons. The summed E-state index contributed by atoms with van der Waals surface area (Å²) in [5.74, 6) is 0.565. The molecule has 0 saturated carbocycles. The Morgan fingerprint density at radius 3 is 1.54 bits per heavy atom. The molecule has 4 aliphatic heterocycles. The van der Waals surface area contributed by atoms with E-state index in [1.807, 2.05) is 55.7 Å². The Kier molecular flexibility index (Phi) is 13.5. The molecule has 6 atom stereocenters. The van der Waals surface area contributed by atoms with Crippen LogP contribution in [0.15, 0.2) is 54.6 Å². The van der Waals surface area contributed by atoms with E-state index in [9.17, 15) is 19.2 Å². The molecule has 2 aromatic heterocycles. The van der Waals surface area contributed by atoms with Gasteiger partial charge in [0.05, 0.1) is 66.1 Å². The van der Waals surface area contributed by atoms with Gasteiger partial charge in [0.2, 0.25) is 11.8 Å². The number of alkyl carbamates (subject to hydrolysis) is 2. The van der Waals surface area contributed by atoms with E-state index in [1.54, 1.807) is 6.07 Å². The molecule has 4 amide bonds. The highest BCUT2D eigenvalue weighted by atomic mass is 19.1. The van der Waals surface area contributed by atoms with Gasteiger partial charge in [0.1, 0.15) is 29.5 Å². The molecule has 0 spiro atoms. The van der Waals surface area contributed by atoms with Crippen molar-refractivity contribution in [3.8, 4) is 0 Å². The topological polar surface area (TPSA) is 181 Å². The van der Waals surface area contributed by atoms with E-state index < -0.39 is 24.3 Å². The van der Waals surface area contributed by atoms with Crippen LogP contribution in [-0.2, 0) is 19.1 Å². The summed E-state index contributed by atoms with van der Waals surface area (Å²) >= 11 is 0. The van der Waals surface area contributed by atoms with Crippen molar-refractivity contribution in [2.75, 3.05) is 50.2 Å². The number of imidazole rings is 2. The van der Waals surface area contributed by atoms with Gasteiger partial charge >= 0.3 is 12.2 Å². The van der Waals surface area contributed by atoms with E-state index in [-0.39, 0.29) is 53.6 Å². The van der Waals surface area contributed by atoms with Crippen LogP contribution in [0.5, 0.6) is 0 Å². The quantitative estimate of drug-likeness (QED) is 0.0945. The fraction of sp³-hybridized carbons (Fsp3) is 0.529. The highest BCUT2D eigenvalue weighted by Gasteiger charge is 2.41. The molecular formula is C51H65FN10O6. The third-order valence-electron chi connectivity index (χ3n) is 14.6. The van der Waals surface area contributed by atoms with E-state index in [1.165, 1.54) is 14.2 Å². The second-order valence-electron chi connectivity index (χ2n) is 19.6. The number of halogens is 1. The summed E-state index contributed by atoms with van der Waals surface area (Å²) in [6.45, 7) is 10.4. The smallest absolute Gasteiger partial charge is 0.407 e. The molecule has 9 rings (SSSR count). The van der Waals surface area contributed by atoms with E-state index in [0.717, 1.165) is 110 Å². The number of H-pyrrole nitrogens is 2. The molecular weight excluding hydrogens is 868 g/mol. The Balaban J connectivity index is 1.02. The summed E-state index contributed by atoms with van der Waals surface area (Å²) in [5.41, 5.74) is 6.85. The molecule has 0 radical (unpaired) electrons. The summed E-state index contributed by atoms with van der Waals surface area (Å²) in [6, 6.07) is 16.1. The predicted molar refractivity (Wildman–Crippen MR) is 258 cm³/mol. The number of hydrogen-bond acceptors (Lipinski definition) is 10. The number of fused-ring (bicyclic) bond motifs is 2. The van der Waals surface area contributed by atoms with Crippen LogP contribution in [-0.4, -0.2) is 106 Å². The number of benzene rings is 3. The average molecular weight is 933 g/mol. The summed E-state index contributed by atoms with van der Waals surface area (Å²) in [5, 5.41) is 5.46. The van der Waals surface area contributed by atoms with Gasteiger partial charge in [-0.05, 0) is 123 Å². The van der Waals surface area contributed by atoms with E-state index in [4.69, 9.17) is 19.4 Å². The molecule has 4 N–H and O–H groups in total. The predicted octanol–water partition coefficient (Wildman–Crippen LogP) is 8.74. The van der Waals surface area contributed by atoms with Gasteiger partial charge in [0.15, 0.2) is 0 Å². The first-order valence-corrected chi connectivity index (χ1v) is 24.4. The zero-order chi connectivity index (χ0) is 47.8. The Labute approximate surface area is 396 Å². The highest BCUT2D eigenvalue weighted by molar-refractivity contribution is 5.88. The Bertz CT molecular complexity index is 2510. The van der Waals surface area contributed by atoms with Gasteiger partial charge in [-0.3, -0.25) is 9.59 Å². The number of anilines is 2. The first kappa shape index (κ1) is 46.7. The van der Waals surface area contributed by atoms with Crippen molar-refractivity contribution >= 4 is 57.4 Å². The number of nitrogens with one attached hydrogen (secondary N) is 4. The number of amides is 4. The van der Waals surface area contributed by atoms with Gasteiger partial charge < -0.3 is 49.7 Å². The number of ether oxygens (including phenoxy) is 2. The molecule has 4 aliphatic rings. The van der Waals surface area contributed by atoms with Crippen LogP contribution in [0, 0.1) is 17.7 Å². The maximum Gasteiger partial charge on any atom is 0.407 e. The van der Waals surface area contributed by atoms with Crippen molar-refractivity contribution in [2.45, 2.75) is 122 Å². The number of aromatic amines is 2. The number of methoxy groups -OCH3 is 2. The summed E-state index contributed by atoms with van der Waals surface area (Å²) in [6.07, 6.45) is 6.70. The van der Waals surface area contributed by atoms with Gasteiger partial charge in [0.25, 0.3) is 0 Å². The minimum absolute atomic E-state index is 0.101. The first-order valence-electron chi connectivity index (χ1n) is 24.4. The van der Waals surface area contributed by atoms with E-state index in [0.29, 0.717) is 30.4 Å². The lowest BCUT2D eigenvalue weighted by molar-refractivity contribution is -0.136. The van der Waals surface area contributed by atoms with Crippen LogP contribution in [0.2, 0.25) is 0 Å². The average Bonchev–Trinajstić information content (AvgIpc) is 4.20. The molecule has 3 aromatic carbocycles. The normalized spacial score (nSPS) is 21.8. The minimum Gasteiger partial charge on any atom is -0.453 e. The molecule has 68 heavy (non-hydrogen) atoms. The standard InChI is InChI=1S/C51H65FN10O6/c1-29(2)44(57-50(65)67-5)48(63)60-24-10-12-42(60)46-53-35-17-14-31(26-37(35)55-46)39-20-21-40(62(39)33-16-19-41(34(52)28-33)59-22-8-7-9-23-59)32-15-18-36-38(27-32)56-47(54-36)43-13-11-25-61(43)49(64)45(30(3)4)58-51(66)68-6/h14-19,26-30,39-40,42-45H,7-13,20-25H2,1-6H3,(H,53,55)(H,54,56)(H,57,65)(H,58,66). The van der Waals surface area contributed by atoms with Gasteiger partial charge in [-0.2, -0.15) is 0 Å². The van der Waals surface area contributed by atoms with Crippen LogP contribution in [0.4, 0.5) is 25.4 Å².